The molecule has 0 aliphatic heterocycles. The molecular formula is C16H26F2P+. The van der Waals surface area contributed by atoms with Crippen molar-refractivity contribution in [3.63, 3.8) is 0 Å². The molecule has 1 rings (SSSR count). The minimum Gasteiger partial charge on any atom is -0.204 e. The van der Waals surface area contributed by atoms with Crippen LogP contribution in [0.15, 0.2) is 18.2 Å². The maximum absolute atomic E-state index is 14.0. The monoisotopic (exact) mass is 287 g/mol. The third-order valence-electron chi connectivity index (χ3n) is 3.54. The number of rotatable bonds is 8. The first kappa shape index (κ1) is 16.6. The lowest BCUT2D eigenvalue weighted by Gasteiger charge is -2.15. The second kappa shape index (κ2) is 8.64. The zero-order valence-electron chi connectivity index (χ0n) is 12.3. The molecule has 0 N–H and O–H groups in total. The van der Waals surface area contributed by atoms with Crippen molar-refractivity contribution in [1.29, 1.82) is 0 Å². The lowest BCUT2D eigenvalue weighted by molar-refractivity contribution is 0.514. The highest BCUT2D eigenvalue weighted by Gasteiger charge is 2.26. The highest BCUT2D eigenvalue weighted by molar-refractivity contribution is 7.65. The molecular weight excluding hydrogens is 261 g/mol. The van der Waals surface area contributed by atoms with Crippen LogP contribution in [0.3, 0.4) is 0 Å². The van der Waals surface area contributed by atoms with Crippen LogP contribution in [0.1, 0.15) is 46.5 Å². The topological polar surface area (TPSA) is 0 Å². The Morgan fingerprint density at radius 2 is 1.89 bits per heavy atom. The Kier molecular flexibility index (Phi) is 7.53. The van der Waals surface area contributed by atoms with Crippen molar-refractivity contribution in [2.75, 3.05) is 12.3 Å². The molecule has 0 amide bonds. The van der Waals surface area contributed by atoms with Gasteiger partial charge >= 0.3 is 0 Å². The van der Waals surface area contributed by atoms with Gasteiger partial charge in [0.2, 0.25) is 5.82 Å². The largest absolute Gasteiger partial charge is 0.204 e. The van der Waals surface area contributed by atoms with Gasteiger partial charge in [0.05, 0.1) is 12.3 Å². The maximum atomic E-state index is 14.0. The second-order valence-electron chi connectivity index (χ2n) is 5.41. The zero-order chi connectivity index (χ0) is 14.3. The van der Waals surface area contributed by atoms with E-state index in [-0.39, 0.29) is 0 Å². The van der Waals surface area contributed by atoms with Crippen LogP contribution in [0.5, 0.6) is 0 Å². The van der Waals surface area contributed by atoms with E-state index in [1.165, 1.54) is 12.5 Å². The molecule has 0 saturated carbocycles. The molecule has 0 saturated heterocycles. The molecule has 2 unspecified atom stereocenters. The number of unbranched alkanes of at least 4 members (excludes halogenated alkanes) is 1. The van der Waals surface area contributed by atoms with E-state index in [1.54, 1.807) is 12.1 Å². The van der Waals surface area contributed by atoms with Crippen LogP contribution in [-0.2, 0) is 0 Å². The number of halogens is 2. The molecule has 108 valence electrons. The summed E-state index contributed by atoms with van der Waals surface area (Å²) < 4.78 is 27.4. The molecule has 2 atom stereocenters. The fourth-order valence-corrected chi connectivity index (χ4v) is 5.81. The van der Waals surface area contributed by atoms with Gasteiger partial charge in [-0.05, 0) is 30.9 Å². The first-order valence-electron chi connectivity index (χ1n) is 7.39. The van der Waals surface area contributed by atoms with Crippen molar-refractivity contribution in [2.45, 2.75) is 46.5 Å². The summed E-state index contributed by atoms with van der Waals surface area (Å²) in [7, 11) is -0.973. The van der Waals surface area contributed by atoms with E-state index in [4.69, 9.17) is 0 Å². The van der Waals surface area contributed by atoms with Gasteiger partial charge < -0.3 is 0 Å². The average Bonchev–Trinajstić information content (AvgIpc) is 2.38. The molecule has 0 aliphatic carbocycles. The fourth-order valence-electron chi connectivity index (χ4n) is 2.53. The minimum absolute atomic E-state index is 0.601. The average molecular weight is 287 g/mol. The van der Waals surface area contributed by atoms with Crippen LogP contribution in [0.4, 0.5) is 8.78 Å². The van der Waals surface area contributed by atoms with Crippen LogP contribution in [-0.4, -0.2) is 12.3 Å². The van der Waals surface area contributed by atoms with Gasteiger partial charge in [-0.15, -0.1) is 0 Å². The molecule has 0 aliphatic rings. The van der Waals surface area contributed by atoms with Gasteiger partial charge in [0.25, 0.3) is 0 Å². The molecule has 0 fully saturated rings. The van der Waals surface area contributed by atoms with Gasteiger partial charge in [-0.1, -0.05) is 39.7 Å². The van der Waals surface area contributed by atoms with E-state index in [0.29, 0.717) is 11.2 Å². The summed E-state index contributed by atoms with van der Waals surface area (Å²) >= 11 is 0. The second-order valence-corrected chi connectivity index (χ2v) is 8.06. The molecule has 19 heavy (non-hydrogen) atoms. The lowest BCUT2D eigenvalue weighted by atomic mass is 10.1. The van der Waals surface area contributed by atoms with Crippen molar-refractivity contribution in [3.8, 4) is 0 Å². The highest BCUT2D eigenvalue weighted by Crippen LogP contribution is 2.39. The SMILES string of the molecule is CCCC[PH+](CC(C)CCC)c1cccc(F)c1F. The Hall–Kier alpha value is -0.490. The van der Waals surface area contributed by atoms with E-state index < -0.39 is 19.6 Å². The Bertz CT molecular complexity index is 379. The Labute approximate surface area is 117 Å². The van der Waals surface area contributed by atoms with Gasteiger partial charge in [-0.25, -0.2) is 4.39 Å². The van der Waals surface area contributed by atoms with Gasteiger partial charge in [-0.2, -0.15) is 4.39 Å². The maximum Gasteiger partial charge on any atom is 0.200 e. The van der Waals surface area contributed by atoms with Crippen LogP contribution < -0.4 is 5.30 Å². The molecule has 1 aromatic carbocycles. The smallest absolute Gasteiger partial charge is 0.200 e. The van der Waals surface area contributed by atoms with Crippen molar-refractivity contribution in [1.82, 2.24) is 0 Å². The van der Waals surface area contributed by atoms with Crippen molar-refractivity contribution >= 4 is 13.2 Å². The number of hydrogen-bond donors (Lipinski definition) is 0. The molecule has 0 heterocycles. The Morgan fingerprint density at radius 3 is 2.53 bits per heavy atom. The van der Waals surface area contributed by atoms with Crippen molar-refractivity contribution in [2.24, 2.45) is 5.92 Å². The highest BCUT2D eigenvalue weighted by atomic mass is 31.1. The molecule has 3 heteroatoms. The summed E-state index contributed by atoms with van der Waals surface area (Å²) in [5.41, 5.74) is 0. The van der Waals surface area contributed by atoms with Gasteiger partial charge in [0.1, 0.15) is 5.30 Å². The lowest BCUT2D eigenvalue weighted by Crippen LogP contribution is -2.15. The molecule has 0 bridgehead atoms. The van der Waals surface area contributed by atoms with Gasteiger partial charge in [0.15, 0.2) is 5.82 Å². The molecule has 0 aromatic heterocycles. The van der Waals surface area contributed by atoms with Crippen LogP contribution in [0, 0.1) is 17.6 Å². The Balaban J connectivity index is 2.85. The third kappa shape index (κ3) is 5.18. The molecule has 0 nitrogen and oxygen atoms in total. The van der Waals surface area contributed by atoms with E-state index in [2.05, 4.69) is 20.8 Å². The summed E-state index contributed by atoms with van der Waals surface area (Å²) in [5.74, 6) is -0.686. The first-order chi connectivity index (χ1) is 9.10. The first-order valence-corrected chi connectivity index (χ1v) is 9.30. The van der Waals surface area contributed by atoms with Crippen LogP contribution in [0.2, 0.25) is 0 Å². The normalized spacial score (nSPS) is 14.4. The summed E-state index contributed by atoms with van der Waals surface area (Å²) in [4.78, 5) is 0. The summed E-state index contributed by atoms with van der Waals surface area (Å²) in [6, 6.07) is 4.66. The van der Waals surface area contributed by atoms with E-state index >= 15 is 0 Å². The van der Waals surface area contributed by atoms with Gasteiger partial charge in [-0.3, -0.25) is 0 Å². The molecule has 0 spiro atoms. The predicted octanol–water partition coefficient (Wildman–Crippen LogP) is 5.04. The fraction of sp³-hybridized carbons (Fsp3) is 0.625. The van der Waals surface area contributed by atoms with Crippen LogP contribution in [0.25, 0.3) is 0 Å². The number of benzene rings is 1. The third-order valence-corrected chi connectivity index (χ3v) is 6.84. The summed E-state index contributed by atoms with van der Waals surface area (Å²) in [6.45, 7) is 6.56. The van der Waals surface area contributed by atoms with E-state index in [0.717, 1.165) is 31.6 Å². The van der Waals surface area contributed by atoms with Crippen molar-refractivity contribution < 1.29 is 8.78 Å². The van der Waals surface area contributed by atoms with Gasteiger partial charge in [0, 0.05) is 7.92 Å². The predicted molar refractivity (Wildman–Crippen MR) is 83.0 cm³/mol. The zero-order valence-corrected chi connectivity index (χ0v) is 13.3. The Morgan fingerprint density at radius 1 is 1.16 bits per heavy atom. The van der Waals surface area contributed by atoms with Crippen molar-refractivity contribution in [3.05, 3.63) is 29.8 Å². The van der Waals surface area contributed by atoms with E-state index in [9.17, 15) is 8.78 Å². The summed E-state index contributed by atoms with van der Waals surface area (Å²) in [6.07, 6.45) is 6.68. The quantitative estimate of drug-likeness (QED) is 0.588. The van der Waals surface area contributed by atoms with Crippen LogP contribution >= 0.6 is 7.92 Å². The summed E-state index contributed by atoms with van der Waals surface area (Å²) in [5, 5.41) is 0.668. The minimum atomic E-state index is -0.973. The standard InChI is InChI=1S/C16H25F2P/c1-4-6-11-19(12-13(3)8-5-2)15-10-7-9-14(17)16(15)18/h7,9-10,13H,4-6,8,11-12H2,1-3H3/p+1. The molecule has 0 radical (unpaired) electrons. The van der Waals surface area contributed by atoms with E-state index in [1.807, 2.05) is 0 Å². The number of hydrogen-bond acceptors (Lipinski definition) is 0. The molecule has 1 aromatic rings.